The first kappa shape index (κ1) is 17.9. The van der Waals surface area contributed by atoms with Crippen molar-refractivity contribution in [2.45, 2.75) is 20.8 Å². The predicted molar refractivity (Wildman–Crippen MR) is 96.0 cm³/mol. The second-order valence-corrected chi connectivity index (χ2v) is 5.71. The molecule has 2 aromatic carbocycles. The van der Waals surface area contributed by atoms with Gasteiger partial charge in [0.2, 0.25) is 0 Å². The Balaban J connectivity index is 2.38. The molecule has 0 spiro atoms. The number of anilines is 1. The molecule has 0 aliphatic rings. The number of nitro benzene ring substituents is 1. The number of carbonyl (C=O) groups excluding carboxylic acids is 1. The molecule has 126 valence electrons. The summed E-state index contributed by atoms with van der Waals surface area (Å²) >= 11 is 0. The lowest BCUT2D eigenvalue weighted by atomic mass is 10.0. The second kappa shape index (κ2) is 7.41. The first-order valence-electron chi connectivity index (χ1n) is 7.58. The molecule has 25 heavy (non-hydrogen) atoms. The summed E-state index contributed by atoms with van der Waals surface area (Å²) in [4.78, 5) is 23.0. The number of hydrogen-bond donors (Lipinski definition) is 1. The van der Waals surface area contributed by atoms with Crippen LogP contribution in [-0.2, 0) is 4.79 Å². The minimum Gasteiger partial charge on any atom is -0.321 e. The molecule has 0 aromatic heterocycles. The molecule has 0 unspecified atom stereocenters. The van der Waals surface area contributed by atoms with Gasteiger partial charge in [0, 0.05) is 11.8 Å². The van der Waals surface area contributed by atoms with Gasteiger partial charge in [0.25, 0.3) is 11.6 Å². The molecule has 2 rings (SSSR count). The quantitative estimate of drug-likeness (QED) is 0.394. The zero-order chi connectivity index (χ0) is 18.6. The molecule has 0 radical (unpaired) electrons. The normalized spacial score (nSPS) is 10.9. The molecule has 0 heterocycles. The average molecular weight is 335 g/mol. The molecule has 1 amide bonds. The highest BCUT2D eigenvalue weighted by atomic mass is 16.6. The van der Waals surface area contributed by atoms with Crippen LogP contribution in [0.15, 0.2) is 42.0 Å². The van der Waals surface area contributed by atoms with Crippen LogP contribution in [0.25, 0.3) is 6.08 Å². The standard InChI is InChI=1S/C19H17N3O3/c1-12-8-13(2)18(14(3)9-12)21-19(23)16(11-20)10-15-6-4-5-7-17(15)22(24)25/h4-10H,1-3H3,(H,21,23). The number of nitro groups is 1. The van der Waals surface area contributed by atoms with Crippen LogP contribution in [0, 0.1) is 42.2 Å². The Morgan fingerprint density at radius 3 is 2.36 bits per heavy atom. The van der Waals surface area contributed by atoms with Gasteiger partial charge in [-0.3, -0.25) is 14.9 Å². The summed E-state index contributed by atoms with van der Waals surface area (Å²) in [6.45, 7) is 5.70. The molecule has 0 aliphatic carbocycles. The number of hydrogen-bond acceptors (Lipinski definition) is 4. The molecule has 0 saturated heterocycles. The Morgan fingerprint density at radius 2 is 1.80 bits per heavy atom. The van der Waals surface area contributed by atoms with E-state index >= 15 is 0 Å². The minimum atomic E-state index is -0.601. The van der Waals surface area contributed by atoms with Gasteiger partial charge in [-0.2, -0.15) is 5.26 Å². The molecule has 6 nitrogen and oxygen atoms in total. The van der Waals surface area contributed by atoms with E-state index in [4.69, 9.17) is 0 Å². The maximum absolute atomic E-state index is 12.4. The topological polar surface area (TPSA) is 96.0 Å². The van der Waals surface area contributed by atoms with E-state index < -0.39 is 10.8 Å². The first-order valence-corrected chi connectivity index (χ1v) is 7.58. The van der Waals surface area contributed by atoms with Crippen LogP contribution >= 0.6 is 0 Å². The van der Waals surface area contributed by atoms with Crippen LogP contribution in [-0.4, -0.2) is 10.8 Å². The molecular weight excluding hydrogens is 318 g/mol. The maximum atomic E-state index is 12.4. The molecule has 1 N–H and O–H groups in total. The van der Waals surface area contributed by atoms with Gasteiger partial charge < -0.3 is 5.32 Å². The third-order valence-electron chi connectivity index (χ3n) is 3.71. The lowest BCUT2D eigenvalue weighted by Gasteiger charge is -2.12. The van der Waals surface area contributed by atoms with Gasteiger partial charge in [-0.25, -0.2) is 0 Å². The minimum absolute atomic E-state index is 0.161. The summed E-state index contributed by atoms with van der Waals surface area (Å²) in [6.07, 6.45) is 1.23. The van der Waals surface area contributed by atoms with Crippen LogP contribution in [0.5, 0.6) is 0 Å². The summed E-state index contributed by atoms with van der Waals surface area (Å²) in [5, 5.41) is 23.1. The molecule has 0 atom stereocenters. The monoisotopic (exact) mass is 335 g/mol. The summed E-state index contributed by atoms with van der Waals surface area (Å²) in [5.74, 6) is -0.601. The van der Waals surface area contributed by atoms with Crippen molar-refractivity contribution in [2.24, 2.45) is 0 Å². The molecular formula is C19H17N3O3. The van der Waals surface area contributed by atoms with E-state index in [1.165, 1.54) is 24.3 Å². The van der Waals surface area contributed by atoms with Gasteiger partial charge in [-0.1, -0.05) is 29.8 Å². The molecule has 0 aliphatic heterocycles. The number of benzene rings is 2. The van der Waals surface area contributed by atoms with Crippen molar-refractivity contribution in [1.29, 1.82) is 5.26 Å². The fourth-order valence-electron chi connectivity index (χ4n) is 2.64. The molecule has 0 bridgehead atoms. The van der Waals surface area contributed by atoms with Crippen LogP contribution in [0.2, 0.25) is 0 Å². The number of rotatable bonds is 4. The van der Waals surface area contributed by atoms with Crippen LogP contribution in [0.1, 0.15) is 22.3 Å². The highest BCUT2D eigenvalue weighted by molar-refractivity contribution is 6.10. The van der Waals surface area contributed by atoms with Crippen LogP contribution < -0.4 is 5.32 Å². The fraction of sp³-hybridized carbons (Fsp3) is 0.158. The van der Waals surface area contributed by atoms with Crippen molar-refractivity contribution < 1.29 is 9.72 Å². The van der Waals surface area contributed by atoms with E-state index in [1.54, 1.807) is 6.07 Å². The number of aryl methyl sites for hydroxylation is 3. The molecule has 0 fully saturated rings. The van der Waals surface area contributed by atoms with Crippen LogP contribution in [0.4, 0.5) is 11.4 Å². The third-order valence-corrected chi connectivity index (χ3v) is 3.71. The maximum Gasteiger partial charge on any atom is 0.276 e. The smallest absolute Gasteiger partial charge is 0.276 e. The van der Waals surface area contributed by atoms with E-state index in [-0.39, 0.29) is 16.8 Å². The number of carbonyl (C=O) groups is 1. The summed E-state index contributed by atoms with van der Waals surface area (Å²) in [7, 11) is 0. The Kier molecular flexibility index (Phi) is 5.30. The van der Waals surface area contributed by atoms with Gasteiger partial charge in [0.05, 0.1) is 10.5 Å². The SMILES string of the molecule is Cc1cc(C)c(NC(=O)C(C#N)=Cc2ccccc2[N+](=O)[O-])c(C)c1. The van der Waals surface area contributed by atoms with Gasteiger partial charge in [0.15, 0.2) is 0 Å². The molecule has 2 aromatic rings. The first-order chi connectivity index (χ1) is 11.8. The van der Waals surface area contributed by atoms with Crippen molar-refractivity contribution in [3.05, 3.63) is 74.3 Å². The number of para-hydroxylation sites is 1. The van der Waals surface area contributed by atoms with Crippen LogP contribution in [0.3, 0.4) is 0 Å². The lowest BCUT2D eigenvalue weighted by Crippen LogP contribution is -2.15. The lowest BCUT2D eigenvalue weighted by molar-refractivity contribution is -0.385. The Morgan fingerprint density at radius 1 is 1.20 bits per heavy atom. The summed E-state index contributed by atoms with van der Waals surface area (Å²) < 4.78 is 0. The highest BCUT2D eigenvalue weighted by Crippen LogP contribution is 2.24. The Hall–Kier alpha value is -3.46. The second-order valence-electron chi connectivity index (χ2n) is 5.71. The van der Waals surface area contributed by atoms with Crippen molar-refractivity contribution in [1.82, 2.24) is 0 Å². The zero-order valence-corrected chi connectivity index (χ0v) is 14.2. The van der Waals surface area contributed by atoms with E-state index in [1.807, 2.05) is 39.0 Å². The van der Waals surface area contributed by atoms with E-state index in [0.29, 0.717) is 5.69 Å². The summed E-state index contributed by atoms with van der Waals surface area (Å²) in [6, 6.07) is 11.6. The number of nitrogens with one attached hydrogen (secondary N) is 1. The Bertz CT molecular complexity index is 901. The fourth-order valence-corrected chi connectivity index (χ4v) is 2.64. The zero-order valence-electron chi connectivity index (χ0n) is 14.2. The number of nitrogens with zero attached hydrogens (tertiary/aromatic N) is 2. The van der Waals surface area contributed by atoms with Gasteiger partial charge in [-0.15, -0.1) is 0 Å². The van der Waals surface area contributed by atoms with E-state index in [9.17, 15) is 20.2 Å². The number of nitriles is 1. The molecule has 0 saturated carbocycles. The Labute approximate surface area is 145 Å². The largest absolute Gasteiger partial charge is 0.321 e. The average Bonchev–Trinajstić information content (AvgIpc) is 2.55. The van der Waals surface area contributed by atoms with E-state index in [0.717, 1.165) is 16.7 Å². The van der Waals surface area contributed by atoms with Gasteiger partial charge >= 0.3 is 0 Å². The van der Waals surface area contributed by atoms with Gasteiger partial charge in [0.1, 0.15) is 11.6 Å². The van der Waals surface area contributed by atoms with Crippen molar-refractivity contribution in [3.8, 4) is 6.07 Å². The van der Waals surface area contributed by atoms with Crippen molar-refractivity contribution in [3.63, 3.8) is 0 Å². The molecule has 6 heteroatoms. The predicted octanol–water partition coefficient (Wildman–Crippen LogP) is 4.07. The summed E-state index contributed by atoms with van der Waals surface area (Å²) in [5.41, 5.74) is 3.32. The number of amides is 1. The van der Waals surface area contributed by atoms with Gasteiger partial charge in [-0.05, 0) is 44.0 Å². The van der Waals surface area contributed by atoms with Crippen molar-refractivity contribution in [2.75, 3.05) is 5.32 Å². The highest BCUT2D eigenvalue weighted by Gasteiger charge is 2.16. The van der Waals surface area contributed by atoms with Crippen molar-refractivity contribution >= 4 is 23.4 Å². The van der Waals surface area contributed by atoms with E-state index in [2.05, 4.69) is 5.32 Å². The third kappa shape index (κ3) is 4.09.